The summed E-state index contributed by atoms with van der Waals surface area (Å²) in [5.74, 6) is 2.52. The summed E-state index contributed by atoms with van der Waals surface area (Å²) in [6, 6.07) is 52.5. The van der Waals surface area contributed by atoms with E-state index in [-0.39, 0.29) is 33.8 Å². The first-order valence-electron chi connectivity index (χ1n) is 25.5. The largest absolute Gasteiger partial charge is 0.453 e. The van der Waals surface area contributed by atoms with Gasteiger partial charge in [0.25, 0.3) is 6.71 Å². The normalized spacial score (nSPS) is 16.5. The highest BCUT2D eigenvalue weighted by Gasteiger charge is 2.49. The quantitative estimate of drug-likeness (QED) is 0.165. The van der Waals surface area contributed by atoms with Gasteiger partial charge in [0.1, 0.15) is 5.58 Å². The fourth-order valence-corrected chi connectivity index (χ4v) is 11.9. The van der Waals surface area contributed by atoms with Crippen molar-refractivity contribution in [3.05, 3.63) is 167 Å². The Morgan fingerprint density at radius 3 is 1.46 bits per heavy atom. The van der Waals surface area contributed by atoms with Crippen LogP contribution in [0.3, 0.4) is 0 Å². The van der Waals surface area contributed by atoms with Crippen molar-refractivity contribution in [1.82, 2.24) is 0 Å². The minimum absolute atomic E-state index is 0.000644. The second-order valence-corrected chi connectivity index (χ2v) is 25.0. The van der Waals surface area contributed by atoms with Crippen LogP contribution >= 0.6 is 0 Å². The summed E-state index contributed by atoms with van der Waals surface area (Å²) < 4.78 is 14.1. The summed E-state index contributed by atoms with van der Waals surface area (Å²) in [6.45, 7) is 30.4. The summed E-state index contributed by atoms with van der Waals surface area (Å²) in [7, 11) is 0. The molecule has 3 aliphatic heterocycles. The van der Waals surface area contributed by atoms with Gasteiger partial charge in [-0.2, -0.15) is 0 Å². The topological polar surface area (TPSA) is 32.1 Å². The third-order valence-electron chi connectivity index (χ3n) is 16.2. The number of para-hydroxylation sites is 4. The third kappa shape index (κ3) is 6.79. The van der Waals surface area contributed by atoms with Crippen LogP contribution in [0.25, 0.3) is 11.0 Å². The summed E-state index contributed by atoms with van der Waals surface area (Å²) >= 11 is 0. The van der Waals surface area contributed by atoms with Gasteiger partial charge in [-0.1, -0.05) is 151 Å². The lowest BCUT2D eigenvalue weighted by molar-refractivity contribution is 0.332. The SMILES string of the molecule is CC(C)(C)c1ccc(N2c3cc4c(cc3B3c5c2cc(N2c6ccccc6Oc6ccccc62)cc5N(c2ccc(C(C)(C)C)cc2)c2oc5ccc(C(C)(C)C)cc5c23)C(C)(C)CCC4(C)C)cc1. The van der Waals surface area contributed by atoms with Crippen molar-refractivity contribution >= 4 is 85.5 Å². The van der Waals surface area contributed by atoms with Gasteiger partial charge in [0, 0.05) is 39.3 Å². The van der Waals surface area contributed by atoms with Gasteiger partial charge in [-0.25, -0.2) is 0 Å². The summed E-state index contributed by atoms with van der Waals surface area (Å²) in [5.41, 5.74) is 20.2. The van der Waals surface area contributed by atoms with E-state index >= 15 is 0 Å². The zero-order valence-electron chi connectivity index (χ0n) is 43.4. The number of benzene rings is 7. The van der Waals surface area contributed by atoms with Crippen molar-refractivity contribution in [2.24, 2.45) is 0 Å². The van der Waals surface area contributed by atoms with Gasteiger partial charge in [-0.05, 0) is 158 Å². The molecule has 1 aliphatic carbocycles. The van der Waals surface area contributed by atoms with E-state index in [2.05, 4.69) is 244 Å². The molecule has 0 radical (unpaired) electrons. The number of nitrogens with zero attached hydrogens (tertiary/aromatic N) is 3. The number of anilines is 9. The molecule has 1 aromatic heterocycles. The third-order valence-corrected chi connectivity index (χ3v) is 16.2. The van der Waals surface area contributed by atoms with E-state index in [1.165, 1.54) is 55.3 Å². The summed E-state index contributed by atoms with van der Waals surface area (Å²) in [5, 5.41) is 1.17. The van der Waals surface area contributed by atoms with E-state index in [4.69, 9.17) is 9.15 Å². The van der Waals surface area contributed by atoms with E-state index in [1.807, 2.05) is 0 Å². The van der Waals surface area contributed by atoms with E-state index < -0.39 is 0 Å². The van der Waals surface area contributed by atoms with Crippen LogP contribution in [0.1, 0.15) is 131 Å². The van der Waals surface area contributed by atoms with Crippen molar-refractivity contribution in [3.63, 3.8) is 0 Å². The second-order valence-electron chi connectivity index (χ2n) is 25.0. The molecule has 0 unspecified atom stereocenters. The molecule has 8 aromatic rings. The van der Waals surface area contributed by atoms with Gasteiger partial charge in [0.05, 0.1) is 17.1 Å². The maximum atomic E-state index is 7.41. The number of fused-ring (bicyclic) bond motifs is 9. The van der Waals surface area contributed by atoms with E-state index in [1.54, 1.807) is 0 Å². The van der Waals surface area contributed by atoms with Gasteiger partial charge >= 0.3 is 0 Å². The van der Waals surface area contributed by atoms with Gasteiger partial charge in [0.2, 0.25) is 5.88 Å². The number of hydrogen-bond acceptors (Lipinski definition) is 5. The van der Waals surface area contributed by atoms with Gasteiger partial charge in [-0.15, -0.1) is 0 Å². The smallest absolute Gasteiger partial charge is 0.257 e. The molecule has 0 spiro atoms. The van der Waals surface area contributed by atoms with Crippen molar-refractivity contribution in [1.29, 1.82) is 0 Å². The first kappa shape index (κ1) is 44.5. The molecule has 0 N–H and O–H groups in total. The van der Waals surface area contributed by atoms with Crippen LogP contribution in [0.4, 0.5) is 51.4 Å². The van der Waals surface area contributed by atoms with Crippen molar-refractivity contribution in [2.45, 2.75) is 130 Å². The maximum absolute atomic E-state index is 7.41. The Kier molecular flexibility index (Phi) is 9.50. The number of furan rings is 1. The number of rotatable bonds is 3. The first-order valence-corrected chi connectivity index (χ1v) is 25.5. The summed E-state index contributed by atoms with van der Waals surface area (Å²) in [4.78, 5) is 7.44. The minimum Gasteiger partial charge on any atom is -0.453 e. The monoisotopic (exact) mass is 920 g/mol. The lowest BCUT2D eigenvalue weighted by Gasteiger charge is -2.47. The predicted molar refractivity (Wildman–Crippen MR) is 296 cm³/mol. The lowest BCUT2D eigenvalue weighted by atomic mass is 9.33. The molecule has 7 aromatic carbocycles. The molecule has 0 fully saturated rings. The standard InChI is InChI=1S/C64H66BN3O2/c1-60(2,3)39-22-27-42(28-23-39)66-51-38-47-46(63(10,11)32-33-64(47,12)13)37-48(51)65-57-45-34-41(62(7,8)9)26-31-54(45)70-59(57)68(43-29-24-40(25-30-43)61(4,5)6)53-36-44(35-52(66)58(53)65)67-49-18-14-16-20-55(49)69-56-21-17-15-19-50(56)67/h14-31,34-38H,32-33H2,1-13H3. The fraction of sp³-hybridized carbons (Fsp3) is 0.312. The van der Waals surface area contributed by atoms with Crippen LogP contribution in [0.15, 0.2) is 144 Å². The number of hydrogen-bond donors (Lipinski definition) is 0. The zero-order valence-corrected chi connectivity index (χ0v) is 43.4. The van der Waals surface area contributed by atoms with E-state index in [9.17, 15) is 0 Å². The molecule has 0 saturated carbocycles. The van der Waals surface area contributed by atoms with Crippen molar-refractivity contribution in [3.8, 4) is 11.5 Å². The van der Waals surface area contributed by atoms with Crippen LogP contribution < -0.4 is 35.8 Å². The molecule has 4 heterocycles. The van der Waals surface area contributed by atoms with Crippen LogP contribution in [-0.4, -0.2) is 6.71 Å². The van der Waals surface area contributed by atoms with E-state index in [0.717, 1.165) is 75.6 Å². The highest BCUT2D eigenvalue weighted by molar-refractivity contribution is 7.01. The molecule has 0 atom stereocenters. The average Bonchev–Trinajstić information content (AvgIpc) is 3.69. The minimum atomic E-state index is -0.133. The Morgan fingerprint density at radius 1 is 0.443 bits per heavy atom. The molecule has 4 aliphatic rings. The Balaban J connectivity index is 1.25. The Hall–Kier alpha value is -6.66. The summed E-state index contributed by atoms with van der Waals surface area (Å²) in [6.07, 6.45) is 2.26. The Labute approximate surface area is 416 Å². The predicted octanol–water partition coefficient (Wildman–Crippen LogP) is 16.3. The van der Waals surface area contributed by atoms with E-state index in [0.29, 0.717) is 0 Å². The van der Waals surface area contributed by atoms with Crippen LogP contribution in [0, 0.1) is 0 Å². The molecule has 0 bridgehead atoms. The maximum Gasteiger partial charge on any atom is 0.257 e. The first-order chi connectivity index (χ1) is 33.1. The molecule has 352 valence electrons. The number of ether oxygens (including phenoxy) is 1. The molecule has 0 amide bonds. The van der Waals surface area contributed by atoms with Crippen molar-refractivity contribution in [2.75, 3.05) is 14.7 Å². The lowest BCUT2D eigenvalue weighted by Crippen LogP contribution is -2.61. The van der Waals surface area contributed by atoms with Crippen LogP contribution in [0.2, 0.25) is 0 Å². The molecule has 6 heteroatoms. The van der Waals surface area contributed by atoms with Crippen LogP contribution in [-0.2, 0) is 27.1 Å². The molecule has 70 heavy (non-hydrogen) atoms. The highest BCUT2D eigenvalue weighted by Crippen LogP contribution is 2.55. The van der Waals surface area contributed by atoms with Gasteiger partial charge in [0.15, 0.2) is 11.5 Å². The molecule has 12 rings (SSSR count). The molecule has 5 nitrogen and oxygen atoms in total. The fourth-order valence-electron chi connectivity index (χ4n) is 11.9. The van der Waals surface area contributed by atoms with Crippen molar-refractivity contribution < 1.29 is 9.15 Å². The highest BCUT2D eigenvalue weighted by atomic mass is 16.5. The molecule has 0 saturated heterocycles. The second kappa shape index (κ2) is 14.9. The molecular weight excluding hydrogens is 854 g/mol. The van der Waals surface area contributed by atoms with Gasteiger partial charge in [-0.3, -0.25) is 4.90 Å². The van der Waals surface area contributed by atoms with Crippen LogP contribution in [0.5, 0.6) is 11.5 Å². The molecular formula is C64H66BN3O2. The zero-order chi connectivity index (χ0) is 49.0. The average molecular weight is 920 g/mol. The Bertz CT molecular complexity index is 3380. The van der Waals surface area contributed by atoms with Gasteiger partial charge < -0.3 is 19.0 Å². The Morgan fingerprint density at radius 2 is 0.914 bits per heavy atom.